The average molecular weight is 392 g/mol. The van der Waals surface area contributed by atoms with Crippen LogP contribution < -0.4 is 14.2 Å². The molecule has 0 aliphatic carbocycles. The maximum absolute atomic E-state index is 12.7. The van der Waals surface area contributed by atoms with E-state index in [0.717, 1.165) is 12.1 Å². The summed E-state index contributed by atoms with van der Waals surface area (Å²) in [4.78, 5) is 12.7. The average Bonchev–Trinajstić information content (AvgIpc) is 2.69. The number of benzene rings is 2. The molecule has 0 saturated carbocycles. The van der Waals surface area contributed by atoms with Crippen LogP contribution in [0.3, 0.4) is 0 Å². The molecule has 4 nitrogen and oxygen atoms in total. The lowest BCUT2D eigenvalue weighted by atomic mass is 10.1. The van der Waals surface area contributed by atoms with E-state index in [0.29, 0.717) is 11.3 Å². The van der Waals surface area contributed by atoms with Crippen LogP contribution in [0.15, 0.2) is 55.1 Å². The monoisotopic (exact) mass is 392 g/mol. The van der Waals surface area contributed by atoms with Crippen molar-refractivity contribution in [1.29, 1.82) is 0 Å². The Balaban J connectivity index is 2.34. The largest absolute Gasteiger partial charge is 0.496 e. The summed E-state index contributed by atoms with van der Waals surface area (Å²) in [6.45, 7) is 3.74. The van der Waals surface area contributed by atoms with E-state index in [1.807, 2.05) is 0 Å². The summed E-state index contributed by atoms with van der Waals surface area (Å²) >= 11 is 0. The number of hydrogen-bond donors (Lipinski definition) is 0. The summed E-state index contributed by atoms with van der Waals surface area (Å²) < 4.78 is 53.9. The second kappa shape index (κ2) is 9.12. The zero-order valence-electron chi connectivity index (χ0n) is 15.4. The molecule has 0 unspecified atom stereocenters. The predicted molar refractivity (Wildman–Crippen MR) is 100 cm³/mol. The number of carbonyl (C=O) groups is 1. The van der Waals surface area contributed by atoms with Crippen LogP contribution in [0.4, 0.5) is 13.2 Å². The van der Waals surface area contributed by atoms with Gasteiger partial charge < -0.3 is 14.2 Å². The molecule has 0 atom stereocenters. The molecule has 0 heterocycles. The minimum atomic E-state index is -4.41. The van der Waals surface area contributed by atoms with Crippen LogP contribution in [0.2, 0.25) is 0 Å². The van der Waals surface area contributed by atoms with Gasteiger partial charge in [0.2, 0.25) is 0 Å². The lowest BCUT2D eigenvalue weighted by molar-refractivity contribution is -0.137. The molecule has 2 aromatic carbocycles. The fourth-order valence-corrected chi connectivity index (χ4v) is 2.39. The lowest BCUT2D eigenvalue weighted by Crippen LogP contribution is -2.06. The maximum atomic E-state index is 12.7. The Bertz CT molecular complexity index is 868. The van der Waals surface area contributed by atoms with Crippen molar-refractivity contribution in [3.8, 4) is 17.2 Å². The van der Waals surface area contributed by atoms with Crippen LogP contribution in [0.1, 0.15) is 21.5 Å². The third-order valence-electron chi connectivity index (χ3n) is 3.76. The van der Waals surface area contributed by atoms with Gasteiger partial charge in [-0.05, 0) is 23.8 Å². The van der Waals surface area contributed by atoms with Gasteiger partial charge in [0.05, 0.1) is 19.8 Å². The first-order chi connectivity index (χ1) is 13.3. The molecule has 2 rings (SSSR count). The summed E-state index contributed by atoms with van der Waals surface area (Å²) in [6, 6.07) is 7.57. The molecule has 0 radical (unpaired) electrons. The topological polar surface area (TPSA) is 44.8 Å². The molecule has 0 aromatic heterocycles. The maximum Gasteiger partial charge on any atom is 0.416 e. The van der Waals surface area contributed by atoms with Gasteiger partial charge in [0, 0.05) is 12.1 Å². The summed E-state index contributed by atoms with van der Waals surface area (Å²) in [5, 5.41) is 0. The number of allylic oxidation sites excluding steroid dienone is 1. The Morgan fingerprint density at radius 2 is 1.71 bits per heavy atom. The van der Waals surface area contributed by atoms with Crippen molar-refractivity contribution in [3.05, 3.63) is 71.8 Å². The van der Waals surface area contributed by atoms with Crippen molar-refractivity contribution in [2.75, 3.05) is 20.8 Å². The summed E-state index contributed by atoms with van der Waals surface area (Å²) in [7, 11) is 2.88. The third-order valence-corrected chi connectivity index (χ3v) is 3.76. The second-order valence-electron chi connectivity index (χ2n) is 5.62. The highest BCUT2D eigenvalue weighted by Gasteiger charge is 2.29. The highest BCUT2D eigenvalue weighted by molar-refractivity contribution is 6.10. The first-order valence-electron chi connectivity index (χ1n) is 8.19. The fourth-order valence-electron chi connectivity index (χ4n) is 2.39. The van der Waals surface area contributed by atoms with Crippen LogP contribution in [-0.4, -0.2) is 26.6 Å². The minimum Gasteiger partial charge on any atom is -0.496 e. The normalized spacial score (nSPS) is 11.3. The van der Waals surface area contributed by atoms with Gasteiger partial charge in [0.15, 0.2) is 5.78 Å². The molecule has 0 amide bonds. The van der Waals surface area contributed by atoms with Crippen molar-refractivity contribution in [2.24, 2.45) is 0 Å². The highest BCUT2D eigenvalue weighted by atomic mass is 19.4. The molecule has 0 aliphatic heterocycles. The van der Waals surface area contributed by atoms with Gasteiger partial charge >= 0.3 is 6.18 Å². The number of alkyl halides is 3. The van der Waals surface area contributed by atoms with Gasteiger partial charge in [-0.25, -0.2) is 0 Å². The summed E-state index contributed by atoms with van der Waals surface area (Å²) in [5.41, 5.74) is -0.136. The SMILES string of the molecule is C=CCOc1cc(OC)cc(OC)c1C(=O)/C=C/c1ccc(C(F)(F)F)cc1. The molecule has 0 N–H and O–H groups in total. The highest BCUT2D eigenvalue weighted by Crippen LogP contribution is 2.35. The molecule has 7 heteroatoms. The lowest BCUT2D eigenvalue weighted by Gasteiger charge is -2.14. The van der Waals surface area contributed by atoms with E-state index in [1.165, 1.54) is 44.6 Å². The van der Waals surface area contributed by atoms with Crippen LogP contribution in [-0.2, 0) is 6.18 Å². The fraction of sp³-hybridized carbons (Fsp3) is 0.190. The van der Waals surface area contributed by atoms with Crippen molar-refractivity contribution in [2.45, 2.75) is 6.18 Å². The zero-order chi connectivity index (χ0) is 20.7. The number of rotatable bonds is 8. The minimum absolute atomic E-state index is 0.166. The molecule has 0 spiro atoms. The van der Waals surface area contributed by atoms with Crippen molar-refractivity contribution >= 4 is 11.9 Å². The van der Waals surface area contributed by atoms with Gasteiger partial charge in [-0.15, -0.1) is 0 Å². The molecular formula is C21H19F3O4. The molecule has 0 aliphatic rings. The van der Waals surface area contributed by atoms with Gasteiger partial charge in [0.1, 0.15) is 29.4 Å². The van der Waals surface area contributed by atoms with E-state index >= 15 is 0 Å². The second-order valence-corrected chi connectivity index (χ2v) is 5.62. The Morgan fingerprint density at radius 1 is 1.07 bits per heavy atom. The standard InChI is InChI=1S/C21H19F3O4/c1-4-11-28-19-13-16(26-2)12-18(27-3)20(19)17(25)10-7-14-5-8-15(9-6-14)21(22,23)24/h4-10,12-13H,1,11H2,2-3H3/b10-7+. The Morgan fingerprint density at radius 3 is 2.25 bits per heavy atom. The summed E-state index contributed by atoms with van der Waals surface area (Å²) in [6.07, 6.45) is -0.221. The number of halogens is 3. The molecule has 0 fully saturated rings. The van der Waals surface area contributed by atoms with Crippen LogP contribution in [0.25, 0.3) is 6.08 Å². The van der Waals surface area contributed by atoms with E-state index in [-0.39, 0.29) is 23.7 Å². The van der Waals surface area contributed by atoms with Gasteiger partial charge in [-0.2, -0.15) is 13.2 Å². The van der Waals surface area contributed by atoms with E-state index in [1.54, 1.807) is 12.1 Å². The van der Waals surface area contributed by atoms with Crippen LogP contribution >= 0.6 is 0 Å². The van der Waals surface area contributed by atoms with E-state index < -0.39 is 17.5 Å². The Hall–Kier alpha value is -3.22. The first-order valence-corrected chi connectivity index (χ1v) is 8.19. The van der Waals surface area contributed by atoms with Crippen LogP contribution in [0.5, 0.6) is 17.2 Å². The number of carbonyl (C=O) groups excluding carboxylic acids is 1. The molecule has 0 bridgehead atoms. The predicted octanol–water partition coefficient (Wildman–Crippen LogP) is 5.18. The van der Waals surface area contributed by atoms with E-state index in [4.69, 9.17) is 14.2 Å². The molecule has 148 valence electrons. The third kappa shape index (κ3) is 5.16. The van der Waals surface area contributed by atoms with Crippen molar-refractivity contribution < 1.29 is 32.2 Å². The first kappa shape index (κ1) is 21.1. The smallest absolute Gasteiger partial charge is 0.416 e. The van der Waals surface area contributed by atoms with Crippen molar-refractivity contribution in [3.63, 3.8) is 0 Å². The Kier molecular flexibility index (Phi) is 6.87. The van der Waals surface area contributed by atoms with Gasteiger partial charge in [-0.3, -0.25) is 4.79 Å². The quantitative estimate of drug-likeness (QED) is 0.353. The number of ether oxygens (including phenoxy) is 3. The molecular weight excluding hydrogens is 373 g/mol. The molecule has 28 heavy (non-hydrogen) atoms. The number of ketones is 1. The Labute approximate surface area is 160 Å². The summed E-state index contributed by atoms with van der Waals surface area (Å²) in [5.74, 6) is 0.510. The van der Waals surface area contributed by atoms with E-state index in [9.17, 15) is 18.0 Å². The molecule has 2 aromatic rings. The number of methoxy groups -OCH3 is 2. The van der Waals surface area contributed by atoms with Gasteiger partial charge in [0.25, 0.3) is 0 Å². The number of hydrogen-bond acceptors (Lipinski definition) is 4. The molecule has 0 saturated heterocycles. The van der Waals surface area contributed by atoms with Crippen molar-refractivity contribution in [1.82, 2.24) is 0 Å². The zero-order valence-corrected chi connectivity index (χ0v) is 15.4. The van der Waals surface area contributed by atoms with Crippen LogP contribution in [0, 0.1) is 0 Å². The van der Waals surface area contributed by atoms with Gasteiger partial charge in [-0.1, -0.05) is 30.9 Å². The van der Waals surface area contributed by atoms with E-state index in [2.05, 4.69) is 6.58 Å².